The van der Waals surface area contributed by atoms with Crippen molar-refractivity contribution < 1.29 is 38.7 Å². The highest BCUT2D eigenvalue weighted by Gasteiger charge is 2.55. The number of ether oxygens (including phenoxy) is 4. The minimum atomic E-state index is -1.54. The van der Waals surface area contributed by atoms with Crippen LogP contribution in [0.2, 0.25) is 0 Å². The summed E-state index contributed by atoms with van der Waals surface area (Å²) in [6, 6.07) is 26.9. The number of carbonyl (C=O) groups is 2. The van der Waals surface area contributed by atoms with Crippen molar-refractivity contribution in [2.75, 3.05) is 0 Å². The largest absolute Gasteiger partial charge is 0.456 e. The van der Waals surface area contributed by atoms with Gasteiger partial charge >= 0.3 is 11.9 Å². The second-order valence-electron chi connectivity index (χ2n) is 9.80. The van der Waals surface area contributed by atoms with Crippen molar-refractivity contribution in [1.82, 2.24) is 0 Å². The van der Waals surface area contributed by atoms with Crippen LogP contribution in [0.4, 0.5) is 0 Å². The SMILES string of the molecule is CC(C)C(=O)O[C@@H]1[C@H](O)[C@H](OC(=O)c2ccccc2)[C@@H](OCc2ccccc2)[C@H](O)[C@H]1OCc1ccccc1. The molecular weight excluding hydrogens is 500 g/mol. The van der Waals surface area contributed by atoms with Crippen molar-refractivity contribution >= 4 is 11.9 Å². The molecule has 0 unspecified atom stereocenters. The lowest BCUT2D eigenvalue weighted by atomic mass is 9.84. The molecule has 0 aromatic heterocycles. The van der Waals surface area contributed by atoms with E-state index in [9.17, 15) is 19.8 Å². The molecule has 3 aromatic carbocycles. The molecule has 0 bridgehead atoms. The minimum absolute atomic E-state index is 0.0799. The van der Waals surface area contributed by atoms with Crippen molar-refractivity contribution in [3.05, 3.63) is 108 Å². The number of benzene rings is 3. The predicted octanol–water partition coefficient (Wildman–Crippen LogP) is 3.69. The molecule has 0 saturated heterocycles. The molecule has 8 nitrogen and oxygen atoms in total. The molecule has 6 atom stereocenters. The fourth-order valence-electron chi connectivity index (χ4n) is 4.38. The van der Waals surface area contributed by atoms with Crippen molar-refractivity contribution in [2.24, 2.45) is 5.92 Å². The summed E-state index contributed by atoms with van der Waals surface area (Å²) in [6.45, 7) is 3.49. The number of aliphatic hydroxyl groups excluding tert-OH is 2. The molecule has 0 heterocycles. The molecule has 4 rings (SSSR count). The van der Waals surface area contributed by atoms with Gasteiger partial charge in [0.1, 0.15) is 24.4 Å². The Bertz CT molecular complexity index is 1180. The fraction of sp³-hybridized carbons (Fsp3) is 0.355. The summed E-state index contributed by atoms with van der Waals surface area (Å²) in [6.07, 6.45) is -7.94. The van der Waals surface area contributed by atoms with Gasteiger partial charge in [0, 0.05) is 0 Å². The van der Waals surface area contributed by atoms with Crippen molar-refractivity contribution in [1.29, 1.82) is 0 Å². The minimum Gasteiger partial charge on any atom is -0.456 e. The van der Waals surface area contributed by atoms with E-state index in [2.05, 4.69) is 0 Å². The number of rotatable bonds is 10. The Balaban J connectivity index is 1.64. The zero-order chi connectivity index (χ0) is 27.8. The molecule has 206 valence electrons. The Morgan fingerprint density at radius 2 is 1.05 bits per heavy atom. The summed E-state index contributed by atoms with van der Waals surface area (Å²) in [5, 5.41) is 23.0. The van der Waals surface area contributed by atoms with Gasteiger partial charge in [-0.15, -0.1) is 0 Å². The van der Waals surface area contributed by atoms with E-state index in [1.54, 1.807) is 44.2 Å². The normalized spacial score (nSPS) is 24.7. The van der Waals surface area contributed by atoms with E-state index in [1.807, 2.05) is 60.7 Å². The molecule has 39 heavy (non-hydrogen) atoms. The lowest BCUT2D eigenvalue weighted by Crippen LogP contribution is -2.67. The molecule has 1 aliphatic carbocycles. The van der Waals surface area contributed by atoms with Gasteiger partial charge in [-0.3, -0.25) is 4.79 Å². The quantitative estimate of drug-likeness (QED) is 0.379. The molecule has 3 aromatic rings. The van der Waals surface area contributed by atoms with Crippen LogP contribution < -0.4 is 0 Å². The van der Waals surface area contributed by atoms with Crippen molar-refractivity contribution in [3.8, 4) is 0 Å². The smallest absolute Gasteiger partial charge is 0.338 e. The lowest BCUT2D eigenvalue weighted by Gasteiger charge is -2.46. The van der Waals surface area contributed by atoms with Crippen LogP contribution in [0.5, 0.6) is 0 Å². The third kappa shape index (κ3) is 7.30. The van der Waals surface area contributed by atoms with Gasteiger partial charge in [0.25, 0.3) is 0 Å². The van der Waals surface area contributed by atoms with Crippen LogP contribution in [0.3, 0.4) is 0 Å². The third-order valence-corrected chi connectivity index (χ3v) is 6.54. The highest BCUT2D eigenvalue weighted by molar-refractivity contribution is 5.89. The zero-order valence-electron chi connectivity index (χ0n) is 22.0. The van der Waals surface area contributed by atoms with Crippen molar-refractivity contribution in [2.45, 2.75) is 63.7 Å². The van der Waals surface area contributed by atoms with Gasteiger partial charge in [0.2, 0.25) is 0 Å². The van der Waals surface area contributed by atoms with Gasteiger partial charge in [0.05, 0.1) is 24.7 Å². The molecule has 0 amide bonds. The highest BCUT2D eigenvalue weighted by Crippen LogP contribution is 2.32. The summed E-state index contributed by atoms with van der Waals surface area (Å²) >= 11 is 0. The molecule has 0 radical (unpaired) electrons. The number of carbonyl (C=O) groups excluding carboxylic acids is 2. The first-order chi connectivity index (χ1) is 18.8. The van der Waals surface area contributed by atoms with Gasteiger partial charge in [-0.1, -0.05) is 92.7 Å². The Labute approximate surface area is 228 Å². The summed E-state index contributed by atoms with van der Waals surface area (Å²) in [5.41, 5.74) is 1.91. The molecule has 1 fully saturated rings. The maximum atomic E-state index is 13.0. The van der Waals surface area contributed by atoms with Crippen LogP contribution in [0.1, 0.15) is 35.3 Å². The van der Waals surface area contributed by atoms with Crippen LogP contribution >= 0.6 is 0 Å². The second-order valence-corrected chi connectivity index (χ2v) is 9.80. The molecule has 8 heteroatoms. The number of hydrogen-bond acceptors (Lipinski definition) is 8. The van der Waals surface area contributed by atoms with Crippen LogP contribution in [0, 0.1) is 5.92 Å². The van der Waals surface area contributed by atoms with Gasteiger partial charge in [-0.25, -0.2) is 4.79 Å². The topological polar surface area (TPSA) is 112 Å². The van der Waals surface area contributed by atoms with E-state index in [-0.39, 0.29) is 18.8 Å². The summed E-state index contributed by atoms with van der Waals surface area (Å²) in [4.78, 5) is 25.6. The zero-order valence-corrected chi connectivity index (χ0v) is 22.0. The third-order valence-electron chi connectivity index (χ3n) is 6.54. The van der Waals surface area contributed by atoms with Gasteiger partial charge in [0.15, 0.2) is 12.2 Å². The first kappa shape index (κ1) is 28.4. The highest BCUT2D eigenvalue weighted by atomic mass is 16.6. The average Bonchev–Trinajstić information content (AvgIpc) is 2.96. The summed E-state index contributed by atoms with van der Waals surface area (Å²) < 4.78 is 23.5. The summed E-state index contributed by atoms with van der Waals surface area (Å²) in [5.74, 6) is -1.80. The van der Waals surface area contributed by atoms with Crippen molar-refractivity contribution in [3.63, 3.8) is 0 Å². The van der Waals surface area contributed by atoms with Gasteiger partial charge in [-0.05, 0) is 23.3 Å². The Morgan fingerprint density at radius 3 is 1.51 bits per heavy atom. The molecular formula is C31H34O8. The van der Waals surface area contributed by atoms with Crippen LogP contribution in [0.15, 0.2) is 91.0 Å². The Hall–Kier alpha value is -3.56. The molecule has 1 saturated carbocycles. The Morgan fingerprint density at radius 1 is 0.641 bits per heavy atom. The van der Waals surface area contributed by atoms with Crippen LogP contribution in [-0.2, 0) is 37.0 Å². The van der Waals surface area contributed by atoms with Gasteiger partial charge < -0.3 is 29.2 Å². The maximum Gasteiger partial charge on any atom is 0.338 e. The van der Waals surface area contributed by atoms with E-state index in [1.165, 1.54) is 0 Å². The van der Waals surface area contributed by atoms with Crippen LogP contribution in [0.25, 0.3) is 0 Å². The van der Waals surface area contributed by atoms with E-state index in [0.717, 1.165) is 11.1 Å². The monoisotopic (exact) mass is 534 g/mol. The average molecular weight is 535 g/mol. The first-order valence-corrected chi connectivity index (χ1v) is 13.0. The van der Waals surface area contributed by atoms with E-state index < -0.39 is 54.5 Å². The maximum absolute atomic E-state index is 13.0. The van der Waals surface area contributed by atoms with E-state index in [0.29, 0.717) is 0 Å². The van der Waals surface area contributed by atoms with Gasteiger partial charge in [-0.2, -0.15) is 0 Å². The number of hydrogen-bond donors (Lipinski definition) is 2. The fourth-order valence-corrected chi connectivity index (χ4v) is 4.38. The summed E-state index contributed by atoms with van der Waals surface area (Å²) in [7, 11) is 0. The standard InChI is InChI=1S/C31H34O8/c1-20(2)30(34)38-28-25(33)29(39-31(35)23-16-10-5-11-17-23)27(37-19-22-14-8-4-9-15-22)24(32)26(28)36-18-21-12-6-3-7-13-21/h3-17,20,24-29,32-33H,18-19H2,1-2H3/t24-,25+,26-,27+,28-,29+/m1/s1. The molecule has 0 spiro atoms. The second kappa shape index (κ2) is 13.5. The Kier molecular flexibility index (Phi) is 9.84. The number of aliphatic hydroxyl groups is 2. The predicted molar refractivity (Wildman–Crippen MR) is 142 cm³/mol. The molecule has 0 aliphatic heterocycles. The lowest BCUT2D eigenvalue weighted by molar-refractivity contribution is -0.257. The molecule has 2 N–H and O–H groups in total. The number of esters is 2. The molecule has 1 aliphatic rings. The first-order valence-electron chi connectivity index (χ1n) is 13.0. The van der Waals surface area contributed by atoms with E-state index in [4.69, 9.17) is 18.9 Å². The van der Waals surface area contributed by atoms with Crippen LogP contribution in [-0.4, -0.2) is 58.8 Å². The van der Waals surface area contributed by atoms with E-state index >= 15 is 0 Å².